The fraction of sp³-hybridized carbons (Fsp3) is 0. The number of nitrogen functional groups attached to an aromatic ring is 1. The molecular formula is C22H17N5O19S6. The molecule has 0 bridgehead atoms. The number of fused-ring (bicyclic) bond motifs is 1. The van der Waals surface area contributed by atoms with Crippen LogP contribution in [0.4, 0.5) is 28.4 Å². The van der Waals surface area contributed by atoms with E-state index in [1.807, 2.05) is 0 Å². The first kappa shape index (κ1) is 40.2. The molecule has 0 fully saturated rings. The van der Waals surface area contributed by atoms with Crippen molar-refractivity contribution in [1.82, 2.24) is 0 Å². The number of hydrogen-bond donors (Lipinski definition) is 8. The van der Waals surface area contributed by atoms with Gasteiger partial charge in [-0.3, -0.25) is 27.3 Å². The Hall–Kier alpha value is -4.60. The van der Waals surface area contributed by atoms with Crippen LogP contribution < -0.4 is 5.73 Å². The zero-order valence-corrected chi connectivity index (χ0v) is 29.4. The smallest absolute Gasteiger partial charge is 0.296 e. The van der Waals surface area contributed by atoms with Gasteiger partial charge in [-0.1, -0.05) is 0 Å². The average Bonchev–Trinajstić information content (AvgIpc) is 2.96. The summed E-state index contributed by atoms with van der Waals surface area (Å²) in [6, 6.07) is 3.25. The minimum Gasteiger partial charge on any atom is -0.505 e. The summed E-state index contributed by atoms with van der Waals surface area (Å²) in [6.07, 6.45) is 0. The van der Waals surface area contributed by atoms with Crippen LogP contribution >= 0.6 is 0 Å². The normalized spacial score (nSPS) is 13.7. The molecule has 4 rings (SSSR count). The molecule has 0 saturated carbocycles. The van der Waals surface area contributed by atoms with Crippen molar-refractivity contribution in [3.8, 4) is 5.75 Å². The second-order valence-electron chi connectivity index (χ2n) is 9.81. The summed E-state index contributed by atoms with van der Waals surface area (Å²) >= 11 is 0. The Bertz CT molecular complexity index is 2960. The number of anilines is 1. The van der Waals surface area contributed by atoms with Gasteiger partial charge in [-0.05, 0) is 48.5 Å². The summed E-state index contributed by atoms with van der Waals surface area (Å²) in [6.45, 7) is 0. The molecule has 4 aromatic carbocycles. The molecule has 0 radical (unpaired) electrons. The van der Waals surface area contributed by atoms with Crippen LogP contribution in [-0.4, -0.2) is 82.9 Å². The standard InChI is InChI=1S/C22H17N5O19S6/c23-20-14(26-24-12-5-9(47(29,30)31)1-3-15(12)49(35,36)37)8-17(51(41,42)43)11-7-18(52(44,45)46)21(22(28)19(11)20)27-25-13-6-10(48(32,33)34)2-4-16(13)50(38,39)40/h1-8,28H,23H2,(H,29,30,31)(H,32,33,34)(H,35,36,37)(H,38,39,40)(H,41,42,43)(H,44,45,46). The van der Waals surface area contributed by atoms with E-state index in [0.29, 0.717) is 42.5 Å². The van der Waals surface area contributed by atoms with Gasteiger partial charge in [-0.25, -0.2) is 0 Å². The highest BCUT2D eigenvalue weighted by molar-refractivity contribution is 7.87. The lowest BCUT2D eigenvalue weighted by Gasteiger charge is -2.14. The van der Waals surface area contributed by atoms with Crippen molar-refractivity contribution in [3.05, 3.63) is 48.5 Å². The molecular weight excluding hydrogens is 831 g/mol. The molecule has 0 saturated heterocycles. The number of nitrogens with two attached hydrogens (primary N) is 1. The van der Waals surface area contributed by atoms with Crippen molar-refractivity contribution in [2.75, 3.05) is 5.73 Å². The minimum absolute atomic E-state index is 0.253. The Balaban J connectivity index is 2.13. The van der Waals surface area contributed by atoms with Crippen molar-refractivity contribution in [3.63, 3.8) is 0 Å². The molecule has 30 heteroatoms. The number of phenols is 1. The summed E-state index contributed by atoms with van der Waals surface area (Å²) in [5.41, 5.74) is 0.608. The lowest BCUT2D eigenvalue weighted by Crippen LogP contribution is -2.04. The van der Waals surface area contributed by atoms with Gasteiger partial charge in [0.15, 0.2) is 5.75 Å². The summed E-state index contributed by atoms with van der Waals surface area (Å²) in [4.78, 5) is -7.20. The van der Waals surface area contributed by atoms with Gasteiger partial charge < -0.3 is 10.8 Å². The highest BCUT2D eigenvalue weighted by atomic mass is 32.2. The number of aromatic hydroxyl groups is 1. The third-order valence-corrected chi connectivity index (χ3v) is 11.7. The fourth-order valence-corrected chi connectivity index (χ4v) is 7.78. The van der Waals surface area contributed by atoms with Gasteiger partial charge >= 0.3 is 0 Å². The molecule has 0 unspecified atom stereocenters. The molecule has 24 nitrogen and oxygen atoms in total. The number of azo groups is 2. The molecule has 0 amide bonds. The van der Waals surface area contributed by atoms with Crippen LogP contribution in [0.25, 0.3) is 10.8 Å². The summed E-state index contributed by atoms with van der Waals surface area (Å²) in [5, 5.41) is 22.6. The van der Waals surface area contributed by atoms with Crippen molar-refractivity contribution in [1.29, 1.82) is 0 Å². The first-order chi connectivity index (χ1) is 23.4. The summed E-state index contributed by atoms with van der Waals surface area (Å²) in [7, 11) is -31.7. The van der Waals surface area contributed by atoms with Gasteiger partial charge in [0.2, 0.25) is 0 Å². The van der Waals surface area contributed by atoms with Gasteiger partial charge in [0, 0.05) is 5.39 Å². The van der Waals surface area contributed by atoms with Gasteiger partial charge in [-0.2, -0.15) is 50.5 Å². The predicted molar refractivity (Wildman–Crippen MR) is 170 cm³/mol. The van der Waals surface area contributed by atoms with Crippen molar-refractivity contribution < 1.29 is 82.9 Å². The first-order valence-electron chi connectivity index (χ1n) is 12.5. The number of benzene rings is 4. The number of phenolic OH excluding ortho intramolecular Hbond substituents is 1. The maximum Gasteiger partial charge on any atom is 0.296 e. The van der Waals surface area contributed by atoms with Gasteiger partial charge in [0.1, 0.15) is 42.3 Å². The monoisotopic (exact) mass is 847 g/mol. The topological polar surface area (TPSA) is 422 Å². The Kier molecular flexibility index (Phi) is 10.1. The van der Waals surface area contributed by atoms with E-state index in [2.05, 4.69) is 20.5 Å². The molecule has 0 aromatic heterocycles. The molecule has 0 atom stereocenters. The van der Waals surface area contributed by atoms with Gasteiger partial charge in [0.05, 0.1) is 20.9 Å². The van der Waals surface area contributed by atoms with Crippen LogP contribution in [0.15, 0.2) is 98.4 Å². The van der Waals surface area contributed by atoms with E-state index in [0.717, 1.165) is 0 Å². The fourth-order valence-electron chi connectivity index (χ4n) is 4.22. The largest absolute Gasteiger partial charge is 0.505 e. The number of hydrogen-bond acceptors (Lipinski definition) is 18. The predicted octanol–water partition coefficient (Wildman–Crippen LogP) is 2.44. The first-order valence-corrected chi connectivity index (χ1v) is 21.1. The van der Waals surface area contributed by atoms with Crippen LogP contribution in [-0.2, 0) is 60.7 Å². The van der Waals surface area contributed by atoms with Crippen LogP contribution in [0.1, 0.15) is 0 Å². The van der Waals surface area contributed by atoms with E-state index in [9.17, 15) is 82.9 Å². The zero-order chi connectivity index (χ0) is 39.6. The van der Waals surface area contributed by atoms with Crippen LogP contribution in [0.5, 0.6) is 5.75 Å². The third-order valence-electron chi connectivity index (χ3n) is 6.41. The lowest BCUT2D eigenvalue weighted by atomic mass is 10.0. The van der Waals surface area contributed by atoms with E-state index in [1.165, 1.54) is 0 Å². The lowest BCUT2D eigenvalue weighted by molar-refractivity contribution is 0.471. The molecule has 9 N–H and O–H groups in total. The minimum atomic E-state index is -5.61. The number of rotatable bonds is 10. The van der Waals surface area contributed by atoms with Crippen molar-refractivity contribution in [2.24, 2.45) is 20.5 Å². The second kappa shape index (κ2) is 13.1. The van der Waals surface area contributed by atoms with Crippen molar-refractivity contribution >= 4 is 99.9 Å². The van der Waals surface area contributed by atoms with Gasteiger partial charge in [-0.15, -0.1) is 20.5 Å². The molecule has 0 aliphatic heterocycles. The third kappa shape index (κ3) is 8.37. The van der Waals surface area contributed by atoms with E-state index >= 15 is 0 Å². The van der Waals surface area contributed by atoms with E-state index in [4.69, 9.17) is 5.73 Å². The Labute approximate surface area is 291 Å². The molecule has 4 aromatic rings. The highest BCUT2D eigenvalue weighted by Crippen LogP contribution is 2.48. The van der Waals surface area contributed by atoms with E-state index in [-0.39, 0.29) is 6.07 Å². The van der Waals surface area contributed by atoms with E-state index in [1.54, 1.807) is 0 Å². The highest BCUT2D eigenvalue weighted by Gasteiger charge is 2.29. The maximum absolute atomic E-state index is 12.4. The Morgan fingerprint density at radius 1 is 0.442 bits per heavy atom. The van der Waals surface area contributed by atoms with Crippen molar-refractivity contribution in [2.45, 2.75) is 29.4 Å². The molecule has 0 heterocycles. The molecule has 0 aliphatic carbocycles. The summed E-state index contributed by atoms with van der Waals surface area (Å²) in [5.74, 6) is -1.54. The van der Waals surface area contributed by atoms with Crippen LogP contribution in [0, 0.1) is 0 Å². The van der Waals surface area contributed by atoms with Crippen LogP contribution in [0.3, 0.4) is 0 Å². The Morgan fingerprint density at radius 2 is 0.827 bits per heavy atom. The van der Waals surface area contributed by atoms with E-state index < -0.39 is 135 Å². The molecule has 52 heavy (non-hydrogen) atoms. The average molecular weight is 848 g/mol. The van der Waals surface area contributed by atoms with Gasteiger partial charge in [0.25, 0.3) is 60.7 Å². The summed E-state index contributed by atoms with van der Waals surface area (Å²) < 4.78 is 201. The number of nitrogens with zero attached hydrogens (tertiary/aromatic N) is 4. The Morgan fingerprint density at radius 3 is 1.21 bits per heavy atom. The van der Waals surface area contributed by atoms with Crippen LogP contribution in [0.2, 0.25) is 0 Å². The second-order valence-corrected chi connectivity index (χ2v) is 18.2. The SMILES string of the molecule is Nc1c(N=Nc2cc(S(=O)(=O)O)ccc2S(=O)(=O)O)cc(S(=O)(=O)O)c2cc(S(=O)(=O)O)c(N=Nc3cc(S(=O)(=O)O)ccc3S(=O)(=O)O)c(O)c12. The molecule has 0 spiro atoms. The molecule has 280 valence electrons. The quantitative estimate of drug-likeness (QED) is 0.0645. The maximum atomic E-state index is 12.4. The zero-order valence-electron chi connectivity index (χ0n) is 24.5. The molecule has 0 aliphatic rings.